The number of hydrogen-bond donors (Lipinski definition) is 3. The summed E-state index contributed by atoms with van der Waals surface area (Å²) in [7, 11) is 0. The van der Waals surface area contributed by atoms with Gasteiger partial charge in [-0.2, -0.15) is 13.2 Å². The third-order valence-electron chi connectivity index (χ3n) is 4.97. The summed E-state index contributed by atoms with van der Waals surface area (Å²) in [5, 5.41) is 11.9. The zero-order chi connectivity index (χ0) is 28.0. The molecule has 0 saturated carbocycles. The summed E-state index contributed by atoms with van der Waals surface area (Å²) in [5.74, 6) is -3.90. The highest BCUT2D eigenvalue weighted by molar-refractivity contribution is 5.99. The molecule has 0 saturated heterocycles. The molecule has 1 aromatic carbocycles. The Balaban J connectivity index is 0.000000604. The molecule has 3 aromatic rings. The molecule has 3 rings (SSSR count). The first-order valence-electron chi connectivity index (χ1n) is 11.5. The summed E-state index contributed by atoms with van der Waals surface area (Å²) in [6.07, 6.45) is -2.79. The van der Waals surface area contributed by atoms with Crippen LogP contribution < -0.4 is 10.4 Å². The Morgan fingerprint density at radius 1 is 1.05 bits per heavy atom. The van der Waals surface area contributed by atoms with Crippen LogP contribution in [0.2, 0.25) is 0 Å². The molecule has 202 valence electrons. The molecule has 0 spiro atoms. The quantitative estimate of drug-likeness (QED) is 0.320. The Labute approximate surface area is 211 Å². The number of carboxylic acids is 1. The van der Waals surface area contributed by atoms with Crippen molar-refractivity contribution in [3.8, 4) is 0 Å². The van der Waals surface area contributed by atoms with Crippen molar-refractivity contribution in [1.29, 1.82) is 0 Å². The lowest BCUT2D eigenvalue weighted by Gasteiger charge is -2.19. The minimum absolute atomic E-state index is 0.265. The van der Waals surface area contributed by atoms with Gasteiger partial charge in [0.05, 0.1) is 23.4 Å². The molecule has 37 heavy (non-hydrogen) atoms. The van der Waals surface area contributed by atoms with Gasteiger partial charge in [0.2, 0.25) is 0 Å². The summed E-state index contributed by atoms with van der Waals surface area (Å²) in [6, 6.07) is 8.14. The second kappa shape index (κ2) is 12.0. The Bertz CT molecular complexity index is 1250. The largest absolute Gasteiger partial charge is 0.542 e. The molecule has 0 atom stereocenters. The van der Waals surface area contributed by atoms with Crippen LogP contribution in [0.25, 0.3) is 10.9 Å². The highest BCUT2D eigenvalue weighted by atomic mass is 19.4. The fourth-order valence-electron chi connectivity index (χ4n) is 3.47. The number of aromatic nitrogens is 2. The predicted molar refractivity (Wildman–Crippen MR) is 126 cm³/mol. The van der Waals surface area contributed by atoms with E-state index in [4.69, 9.17) is 19.4 Å². The SMILES string of the molecule is CCOC(=O)c1c(C[NH2+]c2ccc3cc[nH]c3c2)[nH]c(C(=O)OC(C)(C)C)c1CC.O=C([O-])C(F)(F)F. The lowest BCUT2D eigenvalue weighted by molar-refractivity contribution is -0.589. The van der Waals surface area contributed by atoms with Crippen LogP contribution >= 0.6 is 0 Å². The van der Waals surface area contributed by atoms with Crippen LogP contribution in [0.4, 0.5) is 18.9 Å². The molecule has 9 nitrogen and oxygen atoms in total. The fraction of sp³-hybridized carbons (Fsp3) is 0.400. The molecule has 4 N–H and O–H groups in total. The van der Waals surface area contributed by atoms with Crippen molar-refractivity contribution >= 4 is 34.5 Å². The van der Waals surface area contributed by atoms with Gasteiger partial charge in [-0.05, 0) is 63.3 Å². The summed E-state index contributed by atoms with van der Waals surface area (Å²) in [5.41, 5.74) is 3.46. The number of carboxylic acid groups (broad SMARTS) is 1. The molecule has 0 fully saturated rings. The number of aromatic amines is 2. The molecule has 0 aliphatic rings. The van der Waals surface area contributed by atoms with Gasteiger partial charge in [-0.15, -0.1) is 0 Å². The van der Waals surface area contributed by atoms with Crippen LogP contribution in [0, 0.1) is 0 Å². The average Bonchev–Trinajstić information content (AvgIpc) is 3.40. The topological polar surface area (TPSA) is 141 Å². The number of ether oxygens (including phenoxy) is 2. The molecule has 12 heteroatoms. The number of carbonyl (C=O) groups is 3. The minimum atomic E-state index is -5.19. The third kappa shape index (κ3) is 8.10. The number of halogens is 3. The Morgan fingerprint density at radius 2 is 1.70 bits per heavy atom. The molecule has 0 radical (unpaired) electrons. The lowest BCUT2D eigenvalue weighted by atomic mass is 10.1. The van der Waals surface area contributed by atoms with E-state index < -0.39 is 29.7 Å². The van der Waals surface area contributed by atoms with Crippen LogP contribution in [0.15, 0.2) is 30.5 Å². The van der Waals surface area contributed by atoms with E-state index in [9.17, 15) is 22.8 Å². The van der Waals surface area contributed by atoms with Crippen molar-refractivity contribution in [3.63, 3.8) is 0 Å². The lowest BCUT2D eigenvalue weighted by Crippen LogP contribution is -2.76. The first-order valence-corrected chi connectivity index (χ1v) is 11.5. The van der Waals surface area contributed by atoms with Gasteiger partial charge in [-0.25, -0.2) is 9.59 Å². The molecular weight excluding hydrogens is 495 g/mol. The fourth-order valence-corrected chi connectivity index (χ4v) is 3.47. The predicted octanol–water partition coefficient (Wildman–Crippen LogP) is 2.88. The van der Waals surface area contributed by atoms with E-state index in [0.717, 1.165) is 16.6 Å². The number of esters is 2. The van der Waals surface area contributed by atoms with Crippen molar-refractivity contribution in [2.45, 2.75) is 59.4 Å². The number of hydrogen-bond acceptors (Lipinski definition) is 6. The van der Waals surface area contributed by atoms with Crippen LogP contribution in [0.5, 0.6) is 0 Å². The molecule has 2 heterocycles. The minimum Gasteiger partial charge on any atom is -0.542 e. The third-order valence-corrected chi connectivity index (χ3v) is 4.97. The van der Waals surface area contributed by atoms with Gasteiger partial charge >= 0.3 is 18.1 Å². The summed E-state index contributed by atoms with van der Waals surface area (Å²) in [4.78, 5) is 40.6. The van der Waals surface area contributed by atoms with E-state index >= 15 is 0 Å². The van der Waals surface area contributed by atoms with Crippen molar-refractivity contribution in [1.82, 2.24) is 9.97 Å². The van der Waals surface area contributed by atoms with Gasteiger partial charge in [0.15, 0.2) is 0 Å². The number of alkyl halides is 3. The number of H-pyrrole nitrogens is 2. The second-order valence-electron chi connectivity index (χ2n) is 8.93. The van der Waals surface area contributed by atoms with Crippen LogP contribution in [-0.2, 0) is 27.2 Å². The van der Waals surface area contributed by atoms with Gasteiger partial charge in [0.25, 0.3) is 0 Å². The zero-order valence-electron chi connectivity index (χ0n) is 21.2. The zero-order valence-corrected chi connectivity index (χ0v) is 21.2. The monoisotopic (exact) mass is 525 g/mol. The molecule has 2 aromatic heterocycles. The van der Waals surface area contributed by atoms with Crippen molar-refractivity contribution < 1.29 is 47.5 Å². The van der Waals surface area contributed by atoms with Gasteiger partial charge in [-0.3, -0.25) is 0 Å². The highest BCUT2D eigenvalue weighted by Crippen LogP contribution is 2.24. The van der Waals surface area contributed by atoms with Gasteiger partial charge in [-0.1, -0.05) is 6.92 Å². The standard InChI is InChI=1S/C23H29N3O4.C2HF3O2/c1-6-16-19(21(27)29-7-2)18(26-20(16)22(28)30-23(3,4)5)13-25-15-9-8-14-10-11-24-17(14)12-15;3-2(4,5)1(6)7/h8-12,24-26H,6-7,13H2,1-5H3;(H,6,7). The van der Waals surface area contributed by atoms with Crippen molar-refractivity contribution in [3.05, 3.63) is 53.0 Å². The van der Waals surface area contributed by atoms with Crippen molar-refractivity contribution in [2.75, 3.05) is 6.61 Å². The number of quaternary nitrogens is 1. The average molecular weight is 526 g/mol. The number of nitrogens with two attached hydrogens (primary N) is 1. The Morgan fingerprint density at radius 3 is 2.24 bits per heavy atom. The molecule has 0 aliphatic carbocycles. The molecule has 0 amide bonds. The summed E-state index contributed by atoms with van der Waals surface area (Å²) in [6.45, 7) is 9.85. The van der Waals surface area contributed by atoms with E-state index in [-0.39, 0.29) is 6.61 Å². The van der Waals surface area contributed by atoms with Gasteiger partial charge in [0, 0.05) is 12.3 Å². The number of rotatable bonds is 7. The molecule has 0 bridgehead atoms. The maximum atomic E-state index is 12.8. The second-order valence-corrected chi connectivity index (χ2v) is 8.93. The summed E-state index contributed by atoms with van der Waals surface area (Å²) < 4.78 is 42.4. The van der Waals surface area contributed by atoms with Crippen LogP contribution in [0.1, 0.15) is 66.7 Å². The highest BCUT2D eigenvalue weighted by Gasteiger charge is 2.30. The van der Waals surface area contributed by atoms with Crippen molar-refractivity contribution in [2.24, 2.45) is 0 Å². The van der Waals surface area contributed by atoms with E-state index in [1.807, 2.05) is 57.4 Å². The number of nitrogens with one attached hydrogen (secondary N) is 2. The number of aliphatic carboxylic acids is 1. The van der Waals surface area contributed by atoms with Gasteiger partial charge < -0.3 is 34.7 Å². The van der Waals surface area contributed by atoms with Gasteiger partial charge in [0.1, 0.15) is 29.5 Å². The maximum Gasteiger partial charge on any atom is 0.430 e. The normalized spacial score (nSPS) is 11.6. The molecule has 0 unspecified atom stereocenters. The first-order chi connectivity index (χ1) is 17.2. The maximum absolute atomic E-state index is 12.8. The number of fused-ring (bicyclic) bond motifs is 1. The Hall–Kier alpha value is -3.80. The Kier molecular flexibility index (Phi) is 9.51. The van der Waals surface area contributed by atoms with Crippen LogP contribution in [0.3, 0.4) is 0 Å². The number of carbonyl (C=O) groups excluding carboxylic acids is 3. The smallest absolute Gasteiger partial charge is 0.430 e. The van der Waals surface area contributed by atoms with Crippen LogP contribution in [-0.4, -0.2) is 46.3 Å². The van der Waals surface area contributed by atoms with E-state index in [0.29, 0.717) is 35.5 Å². The van der Waals surface area contributed by atoms with E-state index in [1.165, 1.54) is 0 Å². The molecule has 0 aliphatic heterocycles. The molecular formula is C25H30F3N3O6. The van der Waals surface area contributed by atoms with E-state index in [1.54, 1.807) is 6.92 Å². The summed E-state index contributed by atoms with van der Waals surface area (Å²) >= 11 is 0. The van der Waals surface area contributed by atoms with E-state index in [2.05, 4.69) is 16.0 Å². The number of benzene rings is 1. The first kappa shape index (κ1) is 29.4.